The number of hydrogen-bond donors (Lipinski definition) is 1. The predicted molar refractivity (Wildman–Crippen MR) is 82.8 cm³/mol. The Bertz CT molecular complexity index is 557. The van der Waals surface area contributed by atoms with Crippen LogP contribution in [0.3, 0.4) is 0 Å². The standard InChI is InChI=1S/C17H21N3/c1-18-17-11-16(19-12-20-17)15-9-7-14(8-10-15)13-5-3-2-4-6-13/h7-13H,2-6H2,1H3,(H,18,19,20). The first-order chi connectivity index (χ1) is 9.86. The molecule has 1 aromatic heterocycles. The van der Waals surface area contributed by atoms with Crippen molar-refractivity contribution in [2.75, 3.05) is 12.4 Å². The van der Waals surface area contributed by atoms with Gasteiger partial charge in [-0.05, 0) is 24.3 Å². The van der Waals surface area contributed by atoms with Crippen LogP contribution >= 0.6 is 0 Å². The summed E-state index contributed by atoms with van der Waals surface area (Å²) in [6.07, 6.45) is 8.46. The minimum Gasteiger partial charge on any atom is -0.373 e. The van der Waals surface area contributed by atoms with Crippen LogP contribution in [-0.2, 0) is 0 Å². The monoisotopic (exact) mass is 267 g/mol. The van der Waals surface area contributed by atoms with Crippen LogP contribution in [0.15, 0.2) is 36.7 Å². The van der Waals surface area contributed by atoms with Crippen molar-refractivity contribution in [3.8, 4) is 11.3 Å². The predicted octanol–water partition coefficient (Wildman–Crippen LogP) is 4.23. The molecule has 3 rings (SSSR count). The molecule has 1 aromatic carbocycles. The molecular formula is C17H21N3. The first-order valence-corrected chi connectivity index (χ1v) is 7.47. The van der Waals surface area contributed by atoms with Crippen molar-refractivity contribution in [1.29, 1.82) is 0 Å². The highest BCUT2D eigenvalue weighted by molar-refractivity contribution is 5.62. The van der Waals surface area contributed by atoms with Crippen LogP contribution in [0.1, 0.15) is 43.6 Å². The van der Waals surface area contributed by atoms with Crippen LogP contribution in [0.5, 0.6) is 0 Å². The summed E-state index contributed by atoms with van der Waals surface area (Å²) in [5.74, 6) is 1.61. The van der Waals surface area contributed by atoms with E-state index >= 15 is 0 Å². The Morgan fingerprint density at radius 2 is 1.75 bits per heavy atom. The molecule has 0 radical (unpaired) electrons. The van der Waals surface area contributed by atoms with E-state index in [-0.39, 0.29) is 0 Å². The molecular weight excluding hydrogens is 246 g/mol. The molecule has 0 atom stereocenters. The summed E-state index contributed by atoms with van der Waals surface area (Å²) in [7, 11) is 1.87. The lowest BCUT2D eigenvalue weighted by Crippen LogP contribution is -2.04. The first-order valence-electron chi connectivity index (χ1n) is 7.47. The topological polar surface area (TPSA) is 37.8 Å². The zero-order valence-electron chi connectivity index (χ0n) is 12.0. The Morgan fingerprint density at radius 3 is 2.45 bits per heavy atom. The van der Waals surface area contributed by atoms with Crippen LogP contribution in [0, 0.1) is 0 Å². The lowest BCUT2D eigenvalue weighted by molar-refractivity contribution is 0.443. The third kappa shape index (κ3) is 2.82. The van der Waals surface area contributed by atoms with E-state index < -0.39 is 0 Å². The molecule has 0 bridgehead atoms. The fourth-order valence-corrected chi connectivity index (χ4v) is 3.01. The molecule has 0 amide bonds. The maximum atomic E-state index is 4.35. The minimum atomic E-state index is 0.760. The van der Waals surface area contributed by atoms with Crippen molar-refractivity contribution in [2.45, 2.75) is 38.0 Å². The van der Waals surface area contributed by atoms with E-state index in [0.29, 0.717) is 0 Å². The molecule has 0 aliphatic heterocycles. The molecule has 1 N–H and O–H groups in total. The van der Waals surface area contributed by atoms with Gasteiger partial charge in [0.2, 0.25) is 0 Å². The van der Waals surface area contributed by atoms with Gasteiger partial charge < -0.3 is 5.32 Å². The van der Waals surface area contributed by atoms with E-state index in [2.05, 4.69) is 39.6 Å². The van der Waals surface area contributed by atoms with Gasteiger partial charge in [0.05, 0.1) is 5.69 Å². The molecule has 0 spiro atoms. The summed E-state index contributed by atoms with van der Waals surface area (Å²) in [4.78, 5) is 8.50. The van der Waals surface area contributed by atoms with Crippen LogP contribution in [0.25, 0.3) is 11.3 Å². The van der Waals surface area contributed by atoms with E-state index in [1.807, 2.05) is 13.1 Å². The minimum absolute atomic E-state index is 0.760. The normalized spacial score (nSPS) is 16.1. The molecule has 1 aliphatic rings. The van der Waals surface area contributed by atoms with E-state index in [4.69, 9.17) is 0 Å². The van der Waals surface area contributed by atoms with Gasteiger partial charge in [0.25, 0.3) is 0 Å². The van der Waals surface area contributed by atoms with Gasteiger partial charge in [-0.1, -0.05) is 43.5 Å². The second-order valence-electron chi connectivity index (χ2n) is 5.50. The summed E-state index contributed by atoms with van der Waals surface area (Å²) >= 11 is 0. The highest BCUT2D eigenvalue weighted by atomic mass is 15.0. The molecule has 0 unspecified atom stereocenters. The molecule has 1 heterocycles. The van der Waals surface area contributed by atoms with Crippen molar-refractivity contribution in [1.82, 2.24) is 9.97 Å². The molecule has 1 fully saturated rings. The summed E-state index contributed by atoms with van der Waals surface area (Å²) < 4.78 is 0. The number of nitrogens with one attached hydrogen (secondary N) is 1. The quantitative estimate of drug-likeness (QED) is 0.904. The van der Waals surface area contributed by atoms with Crippen molar-refractivity contribution >= 4 is 5.82 Å². The number of rotatable bonds is 3. The van der Waals surface area contributed by atoms with E-state index in [1.165, 1.54) is 37.7 Å². The van der Waals surface area contributed by atoms with Crippen LogP contribution in [0.2, 0.25) is 0 Å². The molecule has 104 valence electrons. The van der Waals surface area contributed by atoms with Crippen LogP contribution in [0.4, 0.5) is 5.82 Å². The summed E-state index contributed by atoms with van der Waals surface area (Å²) in [6.45, 7) is 0. The molecule has 20 heavy (non-hydrogen) atoms. The number of hydrogen-bond acceptors (Lipinski definition) is 3. The van der Waals surface area contributed by atoms with Gasteiger partial charge in [0.1, 0.15) is 12.1 Å². The maximum Gasteiger partial charge on any atom is 0.129 e. The first kappa shape index (κ1) is 13.1. The zero-order chi connectivity index (χ0) is 13.8. The van der Waals surface area contributed by atoms with Crippen molar-refractivity contribution in [2.24, 2.45) is 0 Å². The summed E-state index contributed by atoms with van der Waals surface area (Å²) in [6, 6.07) is 10.9. The molecule has 1 aliphatic carbocycles. The van der Waals surface area contributed by atoms with E-state index in [0.717, 1.165) is 23.0 Å². The molecule has 0 saturated heterocycles. The average molecular weight is 267 g/mol. The van der Waals surface area contributed by atoms with Crippen molar-refractivity contribution in [3.63, 3.8) is 0 Å². The second kappa shape index (κ2) is 6.04. The van der Waals surface area contributed by atoms with Gasteiger partial charge >= 0.3 is 0 Å². The average Bonchev–Trinajstić information content (AvgIpc) is 2.56. The lowest BCUT2D eigenvalue weighted by atomic mass is 9.84. The molecule has 3 nitrogen and oxygen atoms in total. The number of benzene rings is 1. The Morgan fingerprint density at radius 1 is 1.00 bits per heavy atom. The third-order valence-electron chi connectivity index (χ3n) is 4.21. The Labute approximate surface area is 120 Å². The largest absolute Gasteiger partial charge is 0.373 e. The fourth-order valence-electron chi connectivity index (χ4n) is 3.01. The summed E-state index contributed by atoms with van der Waals surface area (Å²) in [5.41, 5.74) is 3.61. The maximum absolute atomic E-state index is 4.35. The third-order valence-corrected chi connectivity index (χ3v) is 4.21. The Kier molecular flexibility index (Phi) is 3.95. The summed E-state index contributed by atoms with van der Waals surface area (Å²) in [5, 5.41) is 3.05. The van der Waals surface area contributed by atoms with Gasteiger partial charge in [0, 0.05) is 18.7 Å². The van der Waals surface area contributed by atoms with Gasteiger partial charge in [-0.15, -0.1) is 0 Å². The highest BCUT2D eigenvalue weighted by Gasteiger charge is 2.15. The second-order valence-corrected chi connectivity index (χ2v) is 5.50. The van der Waals surface area contributed by atoms with Crippen molar-refractivity contribution in [3.05, 3.63) is 42.2 Å². The van der Waals surface area contributed by atoms with Gasteiger partial charge in [0.15, 0.2) is 0 Å². The van der Waals surface area contributed by atoms with E-state index in [9.17, 15) is 0 Å². The lowest BCUT2D eigenvalue weighted by Gasteiger charge is -2.22. The van der Waals surface area contributed by atoms with Gasteiger partial charge in [-0.3, -0.25) is 0 Å². The van der Waals surface area contributed by atoms with Crippen molar-refractivity contribution < 1.29 is 0 Å². The Hall–Kier alpha value is -1.90. The molecule has 3 heteroatoms. The SMILES string of the molecule is CNc1cc(-c2ccc(C3CCCCC3)cc2)ncn1. The van der Waals surface area contributed by atoms with E-state index in [1.54, 1.807) is 6.33 Å². The molecule has 2 aromatic rings. The fraction of sp³-hybridized carbons (Fsp3) is 0.412. The number of nitrogens with zero attached hydrogens (tertiary/aromatic N) is 2. The van der Waals surface area contributed by atoms with Gasteiger partial charge in [-0.25, -0.2) is 9.97 Å². The van der Waals surface area contributed by atoms with Crippen LogP contribution in [-0.4, -0.2) is 17.0 Å². The van der Waals surface area contributed by atoms with Gasteiger partial charge in [-0.2, -0.15) is 0 Å². The highest BCUT2D eigenvalue weighted by Crippen LogP contribution is 2.33. The number of anilines is 1. The number of aromatic nitrogens is 2. The zero-order valence-corrected chi connectivity index (χ0v) is 12.0. The smallest absolute Gasteiger partial charge is 0.129 e. The van der Waals surface area contributed by atoms with Crippen LogP contribution < -0.4 is 5.32 Å². The molecule has 1 saturated carbocycles. The Balaban J connectivity index is 1.81.